The number of amides is 1. The predicted molar refractivity (Wildman–Crippen MR) is 121 cm³/mol. The van der Waals surface area contributed by atoms with E-state index in [1.807, 2.05) is 66.7 Å². The van der Waals surface area contributed by atoms with Crippen LogP contribution in [0, 0.1) is 11.3 Å². The van der Waals surface area contributed by atoms with Crippen molar-refractivity contribution in [3.8, 4) is 11.8 Å². The SMILES string of the molecule is COc1ccc(/C=C(\C#N)C(=O)OCC(=O)NN(c2ccccc2)c2ccccc2)cc1. The van der Waals surface area contributed by atoms with Crippen molar-refractivity contribution >= 4 is 29.3 Å². The zero-order valence-corrected chi connectivity index (χ0v) is 17.4. The number of para-hydroxylation sites is 2. The summed E-state index contributed by atoms with van der Waals surface area (Å²) in [7, 11) is 1.55. The average Bonchev–Trinajstić information content (AvgIpc) is 2.85. The Morgan fingerprint density at radius 1 is 0.938 bits per heavy atom. The summed E-state index contributed by atoms with van der Waals surface area (Å²) >= 11 is 0. The molecule has 0 bridgehead atoms. The van der Waals surface area contributed by atoms with Crippen molar-refractivity contribution in [2.24, 2.45) is 0 Å². The van der Waals surface area contributed by atoms with Crippen molar-refractivity contribution in [2.45, 2.75) is 0 Å². The number of nitrogens with one attached hydrogen (secondary N) is 1. The van der Waals surface area contributed by atoms with E-state index in [-0.39, 0.29) is 5.57 Å². The first kappa shape index (κ1) is 22.1. The van der Waals surface area contributed by atoms with E-state index in [0.29, 0.717) is 11.3 Å². The lowest BCUT2D eigenvalue weighted by molar-refractivity contribution is -0.144. The third-order valence-electron chi connectivity index (χ3n) is 4.37. The molecule has 32 heavy (non-hydrogen) atoms. The molecule has 0 aliphatic heterocycles. The average molecular weight is 427 g/mol. The molecule has 0 heterocycles. The highest BCUT2D eigenvalue weighted by molar-refractivity contribution is 5.99. The number of benzene rings is 3. The summed E-state index contributed by atoms with van der Waals surface area (Å²) in [6.07, 6.45) is 1.39. The lowest BCUT2D eigenvalue weighted by atomic mass is 10.1. The molecule has 1 N–H and O–H groups in total. The van der Waals surface area contributed by atoms with Crippen molar-refractivity contribution < 1.29 is 19.1 Å². The van der Waals surface area contributed by atoms with Gasteiger partial charge in [-0.3, -0.25) is 15.2 Å². The molecule has 7 heteroatoms. The largest absolute Gasteiger partial charge is 0.497 e. The number of nitriles is 1. The normalized spacial score (nSPS) is 10.6. The topological polar surface area (TPSA) is 91.7 Å². The van der Waals surface area contributed by atoms with Crippen LogP contribution in [-0.2, 0) is 14.3 Å². The number of rotatable bonds is 8. The van der Waals surface area contributed by atoms with E-state index in [4.69, 9.17) is 9.47 Å². The molecular formula is C25H21N3O4. The molecule has 7 nitrogen and oxygen atoms in total. The van der Waals surface area contributed by atoms with Gasteiger partial charge in [0.2, 0.25) is 0 Å². The van der Waals surface area contributed by atoms with Gasteiger partial charge in [-0.2, -0.15) is 5.26 Å². The van der Waals surface area contributed by atoms with Gasteiger partial charge in [-0.15, -0.1) is 0 Å². The van der Waals surface area contributed by atoms with Gasteiger partial charge in [-0.1, -0.05) is 48.5 Å². The monoisotopic (exact) mass is 427 g/mol. The maximum Gasteiger partial charge on any atom is 0.349 e. The molecule has 160 valence electrons. The first-order chi connectivity index (χ1) is 15.6. The first-order valence-corrected chi connectivity index (χ1v) is 9.73. The number of carbonyl (C=O) groups is 2. The van der Waals surface area contributed by atoms with E-state index in [9.17, 15) is 14.9 Å². The van der Waals surface area contributed by atoms with Gasteiger partial charge in [-0.05, 0) is 48.0 Å². The van der Waals surface area contributed by atoms with Gasteiger partial charge in [-0.25, -0.2) is 4.79 Å². The highest BCUT2D eigenvalue weighted by Gasteiger charge is 2.16. The second-order valence-electron chi connectivity index (χ2n) is 6.56. The highest BCUT2D eigenvalue weighted by Crippen LogP contribution is 2.22. The number of anilines is 2. The van der Waals surface area contributed by atoms with Gasteiger partial charge in [0, 0.05) is 0 Å². The molecule has 0 radical (unpaired) electrons. The molecular weight excluding hydrogens is 406 g/mol. The van der Waals surface area contributed by atoms with E-state index < -0.39 is 18.5 Å². The Balaban J connectivity index is 1.65. The summed E-state index contributed by atoms with van der Waals surface area (Å²) in [4.78, 5) is 24.8. The van der Waals surface area contributed by atoms with Gasteiger partial charge in [0.25, 0.3) is 5.91 Å². The lowest BCUT2D eigenvalue weighted by Crippen LogP contribution is -2.41. The van der Waals surface area contributed by atoms with E-state index in [1.165, 1.54) is 6.08 Å². The minimum atomic E-state index is -0.885. The van der Waals surface area contributed by atoms with Crippen LogP contribution in [0.2, 0.25) is 0 Å². The van der Waals surface area contributed by atoms with E-state index in [1.54, 1.807) is 36.4 Å². The minimum absolute atomic E-state index is 0.217. The van der Waals surface area contributed by atoms with Crippen LogP contribution in [0.3, 0.4) is 0 Å². The Kier molecular flexibility index (Phi) is 7.60. The Bertz CT molecular complexity index is 1080. The third-order valence-corrected chi connectivity index (χ3v) is 4.37. The number of hydrogen-bond acceptors (Lipinski definition) is 6. The summed E-state index contributed by atoms with van der Waals surface area (Å²) in [6.45, 7) is -0.545. The van der Waals surface area contributed by atoms with Gasteiger partial charge >= 0.3 is 5.97 Å². The molecule has 0 atom stereocenters. The molecule has 0 saturated heterocycles. The maximum atomic E-state index is 12.5. The summed E-state index contributed by atoms with van der Waals surface area (Å²) < 4.78 is 10.1. The smallest absolute Gasteiger partial charge is 0.349 e. The van der Waals surface area contributed by atoms with E-state index in [2.05, 4.69) is 5.43 Å². The zero-order chi connectivity index (χ0) is 22.8. The van der Waals surface area contributed by atoms with Crippen LogP contribution in [-0.4, -0.2) is 25.6 Å². The molecule has 3 rings (SSSR count). The fraction of sp³-hybridized carbons (Fsp3) is 0.0800. The van der Waals surface area contributed by atoms with Gasteiger partial charge in [0.1, 0.15) is 17.4 Å². The number of methoxy groups -OCH3 is 1. The Morgan fingerprint density at radius 3 is 2.00 bits per heavy atom. The van der Waals surface area contributed by atoms with Crippen molar-refractivity contribution in [2.75, 3.05) is 18.7 Å². The summed E-state index contributed by atoms with van der Waals surface area (Å²) in [5, 5.41) is 10.9. The van der Waals surface area contributed by atoms with Crippen molar-refractivity contribution in [1.82, 2.24) is 5.43 Å². The molecule has 1 amide bonds. The standard InChI is InChI=1S/C25H21N3O4/c1-31-23-14-12-19(13-15-23)16-20(17-26)25(30)32-18-24(29)27-28(21-8-4-2-5-9-21)22-10-6-3-7-11-22/h2-16H,18H2,1H3,(H,27,29)/b20-16+. The van der Waals surface area contributed by atoms with E-state index in [0.717, 1.165) is 11.4 Å². The Labute approximate surface area is 186 Å². The Morgan fingerprint density at radius 2 is 1.50 bits per heavy atom. The maximum absolute atomic E-state index is 12.5. The fourth-order valence-corrected chi connectivity index (χ4v) is 2.80. The highest BCUT2D eigenvalue weighted by atomic mass is 16.5. The quantitative estimate of drug-likeness (QED) is 0.253. The number of hydrogen-bond donors (Lipinski definition) is 1. The molecule has 0 spiro atoms. The Hall–Kier alpha value is -4.57. The minimum Gasteiger partial charge on any atom is -0.497 e. The third kappa shape index (κ3) is 5.97. The number of ether oxygens (including phenoxy) is 2. The first-order valence-electron chi connectivity index (χ1n) is 9.73. The number of carbonyl (C=O) groups excluding carboxylic acids is 2. The van der Waals surface area contributed by atoms with Crippen LogP contribution in [0.15, 0.2) is 90.5 Å². The van der Waals surface area contributed by atoms with Crippen LogP contribution in [0.4, 0.5) is 11.4 Å². The molecule has 0 aliphatic rings. The second kappa shape index (κ2) is 11.0. The van der Waals surface area contributed by atoms with Gasteiger partial charge in [0.05, 0.1) is 18.5 Å². The molecule has 0 aromatic heterocycles. The van der Waals surface area contributed by atoms with E-state index >= 15 is 0 Å². The molecule has 3 aromatic carbocycles. The zero-order valence-electron chi connectivity index (χ0n) is 17.4. The molecule has 3 aromatic rings. The van der Waals surface area contributed by atoms with Gasteiger partial charge < -0.3 is 9.47 Å². The molecule has 0 saturated carbocycles. The van der Waals surface area contributed by atoms with Crippen LogP contribution in [0.25, 0.3) is 6.08 Å². The molecule has 0 aliphatic carbocycles. The van der Waals surface area contributed by atoms with Crippen LogP contribution in [0.5, 0.6) is 5.75 Å². The van der Waals surface area contributed by atoms with Crippen LogP contribution in [0.1, 0.15) is 5.56 Å². The lowest BCUT2D eigenvalue weighted by Gasteiger charge is -2.25. The van der Waals surface area contributed by atoms with Gasteiger partial charge in [0.15, 0.2) is 6.61 Å². The number of esters is 1. The van der Waals surface area contributed by atoms with Crippen LogP contribution < -0.4 is 15.2 Å². The summed E-state index contributed by atoms with van der Waals surface area (Å²) in [5.41, 5.74) is 4.60. The predicted octanol–water partition coefficient (Wildman–Crippen LogP) is 4.01. The fourth-order valence-electron chi connectivity index (χ4n) is 2.80. The number of hydrazine groups is 1. The molecule has 0 fully saturated rings. The number of nitrogens with zero attached hydrogens (tertiary/aromatic N) is 2. The van der Waals surface area contributed by atoms with Crippen molar-refractivity contribution in [3.63, 3.8) is 0 Å². The van der Waals surface area contributed by atoms with Crippen LogP contribution >= 0.6 is 0 Å². The van der Waals surface area contributed by atoms with Crippen molar-refractivity contribution in [3.05, 3.63) is 96.1 Å². The summed E-state index contributed by atoms with van der Waals surface area (Å²) in [6, 6.07) is 27.1. The molecule has 0 unspecified atom stereocenters. The second-order valence-corrected chi connectivity index (χ2v) is 6.56. The summed E-state index contributed by atoms with van der Waals surface area (Å²) in [5.74, 6) is -0.779. The van der Waals surface area contributed by atoms with Crippen molar-refractivity contribution in [1.29, 1.82) is 5.26 Å².